The average molecular weight is 243 g/mol. The second kappa shape index (κ2) is 3.96. The van der Waals surface area contributed by atoms with Crippen LogP contribution in [0.5, 0.6) is 5.75 Å². The van der Waals surface area contributed by atoms with Gasteiger partial charge in [0.25, 0.3) is 0 Å². The molecule has 0 atom stereocenters. The standard InChI is InChI=1S/C11H11F2NO3/c12-10(13)17-8-5-6(9(15)16)1-2-7(8)11(14)3-4-11/h1-2,5,10H,3-4,14H2,(H,15,16). The first kappa shape index (κ1) is 11.8. The van der Waals surface area contributed by atoms with E-state index in [1.54, 1.807) is 0 Å². The molecule has 0 unspecified atom stereocenters. The molecule has 4 nitrogen and oxygen atoms in total. The largest absolute Gasteiger partial charge is 0.478 e. The van der Waals surface area contributed by atoms with E-state index in [1.807, 2.05) is 0 Å². The number of ether oxygens (including phenoxy) is 1. The van der Waals surface area contributed by atoms with E-state index in [0.717, 1.165) is 6.07 Å². The lowest BCUT2D eigenvalue weighted by Gasteiger charge is -2.16. The number of hydrogen-bond donors (Lipinski definition) is 2. The van der Waals surface area contributed by atoms with Crippen molar-refractivity contribution in [3.8, 4) is 5.75 Å². The molecule has 1 aromatic rings. The van der Waals surface area contributed by atoms with Crippen LogP contribution in [0.1, 0.15) is 28.8 Å². The summed E-state index contributed by atoms with van der Waals surface area (Å²) in [5.41, 5.74) is 5.58. The van der Waals surface area contributed by atoms with E-state index in [0.29, 0.717) is 18.4 Å². The first-order valence-corrected chi connectivity index (χ1v) is 5.04. The average Bonchev–Trinajstić information content (AvgIpc) is 2.96. The van der Waals surface area contributed by atoms with Crippen LogP contribution in [0.4, 0.5) is 8.78 Å². The summed E-state index contributed by atoms with van der Waals surface area (Å²) in [7, 11) is 0. The van der Waals surface area contributed by atoms with Gasteiger partial charge >= 0.3 is 12.6 Å². The van der Waals surface area contributed by atoms with Crippen molar-refractivity contribution in [1.29, 1.82) is 0 Å². The zero-order valence-corrected chi connectivity index (χ0v) is 8.82. The molecule has 0 saturated heterocycles. The highest BCUT2D eigenvalue weighted by Crippen LogP contribution is 2.46. The van der Waals surface area contributed by atoms with Crippen molar-refractivity contribution in [3.63, 3.8) is 0 Å². The summed E-state index contributed by atoms with van der Waals surface area (Å²) in [6.07, 6.45) is 1.36. The zero-order valence-electron chi connectivity index (χ0n) is 8.82. The third-order valence-electron chi connectivity index (χ3n) is 2.77. The predicted molar refractivity (Wildman–Crippen MR) is 55.1 cm³/mol. The quantitative estimate of drug-likeness (QED) is 0.847. The summed E-state index contributed by atoms with van der Waals surface area (Å²) in [4.78, 5) is 10.7. The molecule has 2 rings (SSSR count). The number of carbonyl (C=O) groups is 1. The number of aromatic carboxylic acids is 1. The summed E-state index contributed by atoms with van der Waals surface area (Å²) in [6, 6.07) is 3.86. The van der Waals surface area contributed by atoms with E-state index < -0.39 is 18.1 Å². The SMILES string of the molecule is NC1(c2ccc(C(=O)O)cc2OC(F)F)CC1. The minimum atomic E-state index is -3.00. The Kier molecular flexibility index (Phi) is 2.74. The van der Waals surface area contributed by atoms with Gasteiger partial charge in [0.1, 0.15) is 5.75 Å². The van der Waals surface area contributed by atoms with Crippen LogP contribution in [0.15, 0.2) is 18.2 Å². The second-order valence-electron chi connectivity index (χ2n) is 4.05. The van der Waals surface area contributed by atoms with Gasteiger partial charge in [-0.15, -0.1) is 0 Å². The maximum atomic E-state index is 12.2. The molecule has 92 valence electrons. The van der Waals surface area contributed by atoms with Gasteiger partial charge in [-0.05, 0) is 25.0 Å². The van der Waals surface area contributed by atoms with Gasteiger partial charge in [-0.25, -0.2) is 4.79 Å². The fourth-order valence-electron chi connectivity index (χ4n) is 1.66. The highest BCUT2D eigenvalue weighted by Gasteiger charge is 2.42. The lowest BCUT2D eigenvalue weighted by atomic mass is 10.0. The van der Waals surface area contributed by atoms with E-state index in [2.05, 4.69) is 4.74 Å². The van der Waals surface area contributed by atoms with E-state index in [4.69, 9.17) is 10.8 Å². The summed E-state index contributed by atoms with van der Waals surface area (Å²) in [6.45, 7) is -3.00. The molecule has 3 N–H and O–H groups in total. The van der Waals surface area contributed by atoms with Gasteiger partial charge in [0, 0.05) is 11.1 Å². The van der Waals surface area contributed by atoms with Gasteiger partial charge in [-0.1, -0.05) is 6.07 Å². The van der Waals surface area contributed by atoms with Crippen LogP contribution in [0.25, 0.3) is 0 Å². The molecule has 0 bridgehead atoms. The Morgan fingerprint density at radius 2 is 2.12 bits per heavy atom. The van der Waals surface area contributed by atoms with Crippen LogP contribution in [-0.4, -0.2) is 17.7 Å². The minimum absolute atomic E-state index is 0.103. The van der Waals surface area contributed by atoms with Crippen molar-refractivity contribution in [2.45, 2.75) is 25.0 Å². The maximum absolute atomic E-state index is 12.2. The normalized spacial score (nSPS) is 16.9. The van der Waals surface area contributed by atoms with Gasteiger partial charge in [0.15, 0.2) is 0 Å². The Bertz CT molecular complexity index is 458. The molecule has 1 saturated carbocycles. The van der Waals surface area contributed by atoms with Crippen molar-refractivity contribution in [3.05, 3.63) is 29.3 Å². The molecule has 0 amide bonds. The van der Waals surface area contributed by atoms with Gasteiger partial charge in [0.2, 0.25) is 0 Å². The highest BCUT2D eigenvalue weighted by atomic mass is 19.3. The summed E-state index contributed by atoms with van der Waals surface area (Å²) in [5.74, 6) is -1.35. The molecular weight excluding hydrogens is 232 g/mol. The Morgan fingerprint density at radius 3 is 2.59 bits per heavy atom. The van der Waals surface area contributed by atoms with Crippen LogP contribution < -0.4 is 10.5 Å². The number of carboxylic acids is 1. The molecule has 6 heteroatoms. The molecule has 0 aromatic heterocycles. The third-order valence-corrected chi connectivity index (χ3v) is 2.77. The number of rotatable bonds is 4. The van der Waals surface area contributed by atoms with Gasteiger partial charge in [-0.2, -0.15) is 8.78 Å². The van der Waals surface area contributed by atoms with Gasteiger partial charge in [-0.3, -0.25) is 0 Å². The molecule has 1 fully saturated rings. The molecule has 1 aliphatic rings. The van der Waals surface area contributed by atoms with Crippen molar-refractivity contribution in [1.82, 2.24) is 0 Å². The Hall–Kier alpha value is -1.69. The Labute approximate surface area is 96.0 Å². The van der Waals surface area contributed by atoms with E-state index in [1.165, 1.54) is 12.1 Å². The topological polar surface area (TPSA) is 72.6 Å². The molecule has 0 radical (unpaired) electrons. The lowest BCUT2D eigenvalue weighted by Crippen LogP contribution is -2.21. The molecule has 0 aliphatic heterocycles. The molecule has 1 aliphatic carbocycles. The monoisotopic (exact) mass is 243 g/mol. The zero-order chi connectivity index (χ0) is 12.6. The van der Waals surface area contributed by atoms with Crippen LogP contribution in [0.3, 0.4) is 0 Å². The highest BCUT2D eigenvalue weighted by molar-refractivity contribution is 5.88. The maximum Gasteiger partial charge on any atom is 0.387 e. The number of hydrogen-bond acceptors (Lipinski definition) is 3. The van der Waals surface area contributed by atoms with E-state index in [-0.39, 0.29) is 11.3 Å². The number of carboxylic acid groups (broad SMARTS) is 1. The van der Waals surface area contributed by atoms with Gasteiger partial charge < -0.3 is 15.6 Å². The smallest absolute Gasteiger partial charge is 0.387 e. The van der Waals surface area contributed by atoms with E-state index in [9.17, 15) is 13.6 Å². The lowest BCUT2D eigenvalue weighted by molar-refractivity contribution is -0.0507. The van der Waals surface area contributed by atoms with Crippen LogP contribution in [-0.2, 0) is 5.54 Å². The van der Waals surface area contributed by atoms with Crippen LogP contribution >= 0.6 is 0 Å². The summed E-state index contributed by atoms with van der Waals surface area (Å²) in [5, 5.41) is 8.78. The molecule has 0 spiro atoms. The Balaban J connectivity index is 2.41. The van der Waals surface area contributed by atoms with Gasteiger partial charge in [0.05, 0.1) is 5.56 Å². The summed E-state index contributed by atoms with van der Waals surface area (Å²) < 4.78 is 28.8. The molecule has 1 aromatic carbocycles. The van der Waals surface area contributed by atoms with E-state index >= 15 is 0 Å². The minimum Gasteiger partial charge on any atom is -0.478 e. The van der Waals surface area contributed by atoms with Crippen molar-refractivity contribution >= 4 is 5.97 Å². The third kappa shape index (κ3) is 2.36. The fourth-order valence-corrected chi connectivity index (χ4v) is 1.66. The molecule has 17 heavy (non-hydrogen) atoms. The molecular formula is C11H11F2NO3. The van der Waals surface area contributed by atoms with Crippen LogP contribution in [0, 0.1) is 0 Å². The first-order chi connectivity index (χ1) is 7.92. The van der Waals surface area contributed by atoms with Crippen LogP contribution in [0.2, 0.25) is 0 Å². The number of nitrogens with two attached hydrogens (primary N) is 1. The van der Waals surface area contributed by atoms with Crippen molar-refractivity contribution in [2.24, 2.45) is 5.73 Å². The summed E-state index contributed by atoms with van der Waals surface area (Å²) >= 11 is 0. The number of benzene rings is 1. The number of alkyl halides is 2. The first-order valence-electron chi connectivity index (χ1n) is 5.04. The Morgan fingerprint density at radius 1 is 1.47 bits per heavy atom. The number of halogens is 2. The predicted octanol–water partition coefficient (Wildman–Crippen LogP) is 1.93. The molecule has 0 heterocycles. The van der Waals surface area contributed by atoms with Crippen molar-refractivity contribution in [2.75, 3.05) is 0 Å². The van der Waals surface area contributed by atoms with Crippen molar-refractivity contribution < 1.29 is 23.4 Å². The second-order valence-corrected chi connectivity index (χ2v) is 4.05. The fraction of sp³-hybridized carbons (Fsp3) is 0.364.